The molecule has 0 aromatic heterocycles. The number of rotatable bonds is 3. The summed E-state index contributed by atoms with van der Waals surface area (Å²) >= 11 is 0. The highest BCUT2D eigenvalue weighted by molar-refractivity contribution is 6.06. The van der Waals surface area contributed by atoms with E-state index in [1.807, 2.05) is 13.8 Å². The zero-order valence-corrected chi connectivity index (χ0v) is 12.1. The summed E-state index contributed by atoms with van der Waals surface area (Å²) in [6, 6.07) is -0.288. The first-order valence-corrected chi connectivity index (χ1v) is 6.81. The summed E-state index contributed by atoms with van der Waals surface area (Å²) in [5, 5.41) is 2.69. The molecule has 2 aliphatic heterocycles. The van der Waals surface area contributed by atoms with Crippen LogP contribution < -0.4 is 5.32 Å². The highest BCUT2D eigenvalue weighted by atomic mass is 16.5. The van der Waals surface area contributed by atoms with E-state index in [1.54, 1.807) is 13.8 Å². The van der Waals surface area contributed by atoms with Gasteiger partial charge in [-0.1, -0.05) is 0 Å². The van der Waals surface area contributed by atoms with Gasteiger partial charge >= 0.3 is 6.03 Å². The molecule has 6 nitrogen and oxygen atoms in total. The van der Waals surface area contributed by atoms with Gasteiger partial charge < -0.3 is 10.1 Å². The molecule has 0 aromatic carbocycles. The molecule has 2 saturated heterocycles. The van der Waals surface area contributed by atoms with Crippen LogP contribution in [0.3, 0.4) is 0 Å². The van der Waals surface area contributed by atoms with E-state index in [0.29, 0.717) is 13.1 Å². The number of carbonyl (C=O) groups excluding carboxylic acids is 2. The molecule has 0 radical (unpaired) electrons. The third kappa shape index (κ3) is 3.06. The summed E-state index contributed by atoms with van der Waals surface area (Å²) in [5.41, 5.74) is -0.775. The molecule has 2 heterocycles. The molecule has 0 unspecified atom stereocenters. The molecular formula is C13H23N3O3. The largest absolute Gasteiger partial charge is 0.373 e. The van der Waals surface area contributed by atoms with E-state index in [0.717, 1.165) is 13.1 Å². The molecule has 2 rings (SSSR count). The van der Waals surface area contributed by atoms with E-state index in [4.69, 9.17) is 4.74 Å². The smallest absolute Gasteiger partial charge is 0.325 e. The minimum absolute atomic E-state index is 0.146. The maximum Gasteiger partial charge on any atom is 0.325 e. The topological polar surface area (TPSA) is 61.9 Å². The second-order valence-electron chi connectivity index (χ2n) is 6.03. The Labute approximate surface area is 114 Å². The Kier molecular flexibility index (Phi) is 3.82. The molecule has 0 bridgehead atoms. The molecule has 0 saturated carbocycles. The molecule has 0 spiro atoms. The van der Waals surface area contributed by atoms with Crippen molar-refractivity contribution in [1.82, 2.24) is 15.1 Å². The molecule has 1 N–H and O–H groups in total. The lowest BCUT2D eigenvalue weighted by Gasteiger charge is -2.35. The van der Waals surface area contributed by atoms with Crippen LogP contribution >= 0.6 is 0 Å². The van der Waals surface area contributed by atoms with Gasteiger partial charge in [0, 0.05) is 26.2 Å². The average Bonchev–Trinajstić information content (AvgIpc) is 2.45. The summed E-state index contributed by atoms with van der Waals surface area (Å²) in [6.45, 7) is 10.4. The Bertz CT molecular complexity index is 373. The van der Waals surface area contributed by atoms with E-state index < -0.39 is 5.54 Å². The maximum absolute atomic E-state index is 12.0. The monoisotopic (exact) mass is 269 g/mol. The van der Waals surface area contributed by atoms with E-state index in [2.05, 4.69) is 10.2 Å². The van der Waals surface area contributed by atoms with Gasteiger partial charge in [0.25, 0.3) is 5.91 Å². The van der Waals surface area contributed by atoms with Crippen LogP contribution in [-0.4, -0.2) is 65.7 Å². The minimum Gasteiger partial charge on any atom is -0.373 e. The van der Waals surface area contributed by atoms with Crippen LogP contribution in [0.2, 0.25) is 0 Å². The Balaban J connectivity index is 1.89. The number of carbonyl (C=O) groups is 2. The van der Waals surface area contributed by atoms with Crippen LogP contribution in [-0.2, 0) is 9.53 Å². The van der Waals surface area contributed by atoms with Crippen LogP contribution in [0.25, 0.3) is 0 Å². The lowest BCUT2D eigenvalue weighted by atomic mass is 10.1. The van der Waals surface area contributed by atoms with Crippen molar-refractivity contribution in [2.45, 2.75) is 45.4 Å². The number of amides is 3. The lowest BCUT2D eigenvalue weighted by Crippen LogP contribution is -2.48. The number of hydrogen-bond donors (Lipinski definition) is 1. The number of morpholine rings is 1. The third-order valence-electron chi connectivity index (χ3n) is 3.58. The zero-order chi connectivity index (χ0) is 14.2. The summed E-state index contributed by atoms with van der Waals surface area (Å²) < 4.78 is 5.66. The number of urea groups is 1. The quantitative estimate of drug-likeness (QED) is 0.755. The molecule has 2 aliphatic rings. The third-order valence-corrected chi connectivity index (χ3v) is 3.58. The molecule has 0 aromatic rings. The number of nitrogens with zero attached hydrogens (tertiary/aromatic N) is 2. The molecule has 3 amide bonds. The fourth-order valence-electron chi connectivity index (χ4n) is 2.73. The second-order valence-corrected chi connectivity index (χ2v) is 6.03. The maximum atomic E-state index is 12.0. The standard InChI is InChI=1S/C13H23N3O3/c1-9-7-15(8-10(2)19-9)5-6-16-11(17)13(3,4)14-12(16)18/h9-10H,5-8H2,1-4H3,(H,14,18)/t9-,10-/m1/s1. The molecule has 2 atom stereocenters. The van der Waals surface area contributed by atoms with E-state index in [9.17, 15) is 9.59 Å². The molecule has 6 heteroatoms. The Hall–Kier alpha value is -1.14. The van der Waals surface area contributed by atoms with Gasteiger partial charge in [-0.3, -0.25) is 14.6 Å². The van der Waals surface area contributed by atoms with Gasteiger partial charge in [0.15, 0.2) is 0 Å². The first-order chi connectivity index (χ1) is 8.79. The van der Waals surface area contributed by atoms with Gasteiger partial charge in [-0.25, -0.2) is 4.79 Å². The predicted octanol–water partition coefficient (Wildman–Crippen LogP) is 0.426. The van der Waals surface area contributed by atoms with Crippen LogP contribution in [0.4, 0.5) is 4.79 Å². The van der Waals surface area contributed by atoms with Gasteiger partial charge in [-0.15, -0.1) is 0 Å². The summed E-state index contributed by atoms with van der Waals surface area (Å²) in [5.74, 6) is -0.146. The van der Waals surface area contributed by atoms with Crippen molar-refractivity contribution in [3.63, 3.8) is 0 Å². The fraction of sp³-hybridized carbons (Fsp3) is 0.846. The highest BCUT2D eigenvalue weighted by Gasteiger charge is 2.44. The van der Waals surface area contributed by atoms with Crippen LogP contribution in [0.5, 0.6) is 0 Å². The first kappa shape index (κ1) is 14.3. The fourth-order valence-corrected chi connectivity index (χ4v) is 2.73. The molecule has 108 valence electrons. The number of ether oxygens (including phenoxy) is 1. The number of hydrogen-bond acceptors (Lipinski definition) is 4. The van der Waals surface area contributed by atoms with Crippen LogP contribution in [0, 0.1) is 0 Å². The second kappa shape index (κ2) is 5.09. The Morgan fingerprint density at radius 2 is 1.79 bits per heavy atom. The Morgan fingerprint density at radius 3 is 2.26 bits per heavy atom. The first-order valence-electron chi connectivity index (χ1n) is 6.81. The summed E-state index contributed by atoms with van der Waals surface area (Å²) in [6.07, 6.45) is 0.395. The van der Waals surface area contributed by atoms with Gasteiger partial charge in [0.05, 0.1) is 12.2 Å². The number of nitrogens with one attached hydrogen (secondary N) is 1. The van der Waals surface area contributed by atoms with Gasteiger partial charge in [-0.05, 0) is 27.7 Å². The van der Waals surface area contributed by atoms with Crippen molar-refractivity contribution in [2.75, 3.05) is 26.2 Å². The van der Waals surface area contributed by atoms with Crippen molar-refractivity contribution >= 4 is 11.9 Å². The molecule has 19 heavy (non-hydrogen) atoms. The van der Waals surface area contributed by atoms with Crippen molar-refractivity contribution in [2.24, 2.45) is 0 Å². The molecule has 2 fully saturated rings. The molecule has 0 aliphatic carbocycles. The SMILES string of the molecule is C[C@@H]1CN(CCN2C(=O)NC(C)(C)C2=O)C[C@@H](C)O1. The van der Waals surface area contributed by atoms with Crippen molar-refractivity contribution in [3.8, 4) is 0 Å². The van der Waals surface area contributed by atoms with Gasteiger partial charge in [-0.2, -0.15) is 0 Å². The lowest BCUT2D eigenvalue weighted by molar-refractivity contribution is -0.130. The van der Waals surface area contributed by atoms with Gasteiger partial charge in [0.2, 0.25) is 0 Å². The zero-order valence-electron chi connectivity index (χ0n) is 12.1. The summed E-state index contributed by atoms with van der Waals surface area (Å²) in [4.78, 5) is 27.3. The molecular weight excluding hydrogens is 246 g/mol. The van der Waals surface area contributed by atoms with Crippen LogP contribution in [0.1, 0.15) is 27.7 Å². The number of imide groups is 1. The van der Waals surface area contributed by atoms with E-state index in [-0.39, 0.29) is 24.1 Å². The Morgan fingerprint density at radius 1 is 1.21 bits per heavy atom. The van der Waals surface area contributed by atoms with E-state index >= 15 is 0 Å². The van der Waals surface area contributed by atoms with Crippen molar-refractivity contribution < 1.29 is 14.3 Å². The average molecular weight is 269 g/mol. The van der Waals surface area contributed by atoms with Crippen molar-refractivity contribution in [3.05, 3.63) is 0 Å². The van der Waals surface area contributed by atoms with Gasteiger partial charge in [0.1, 0.15) is 5.54 Å². The van der Waals surface area contributed by atoms with Crippen molar-refractivity contribution in [1.29, 1.82) is 0 Å². The highest BCUT2D eigenvalue weighted by Crippen LogP contribution is 2.17. The van der Waals surface area contributed by atoms with E-state index in [1.165, 1.54) is 4.90 Å². The predicted molar refractivity (Wildman–Crippen MR) is 70.8 cm³/mol. The normalized spacial score (nSPS) is 31.7. The van der Waals surface area contributed by atoms with Crippen LogP contribution in [0.15, 0.2) is 0 Å². The summed E-state index contributed by atoms with van der Waals surface area (Å²) in [7, 11) is 0. The minimum atomic E-state index is -0.775.